The van der Waals surface area contributed by atoms with Crippen molar-refractivity contribution in [3.05, 3.63) is 80.8 Å². The molecule has 14 rings (SSSR count). The van der Waals surface area contributed by atoms with E-state index in [9.17, 15) is 26.3 Å². The average molecular weight is 983 g/mol. The third-order valence-electron chi connectivity index (χ3n) is 17.6. The lowest BCUT2D eigenvalue weighted by Crippen LogP contribution is -2.49. The first kappa shape index (κ1) is 46.6. The Morgan fingerprint density at radius 2 is 0.809 bits per heavy atom. The fourth-order valence-electron chi connectivity index (χ4n) is 15.3. The minimum Gasteiger partial charge on any atom is -0.369 e. The fraction of sp³-hybridized carbons (Fsp3) is 0.680. The molecule has 4 aromatic rings. The molecule has 18 heteroatoms. The van der Waals surface area contributed by atoms with E-state index in [1.54, 1.807) is 12.1 Å². The van der Waals surface area contributed by atoms with Gasteiger partial charge in [-0.15, -0.1) is 0 Å². The largest absolute Gasteiger partial charge is 0.416 e. The second-order valence-corrected chi connectivity index (χ2v) is 23.0. The summed E-state index contributed by atoms with van der Waals surface area (Å²) in [7, 11) is 4.15. The number of hydrogen-bond acceptors (Lipinski definition) is 8. The van der Waals surface area contributed by atoms with E-state index in [2.05, 4.69) is 33.0 Å². The monoisotopic (exact) mass is 982 g/mol. The van der Waals surface area contributed by atoms with Gasteiger partial charge in [-0.2, -0.15) is 36.5 Å². The molecule has 0 spiro atoms. The summed E-state index contributed by atoms with van der Waals surface area (Å²) in [5.74, 6) is 7.49. The Hall–Kier alpha value is -3.74. The molecule has 10 nitrogen and oxygen atoms in total. The minimum absolute atomic E-state index is 0.199. The Balaban J connectivity index is 0.000000149. The highest BCUT2D eigenvalue weighted by atomic mass is 32.1. The SMILES string of the molecule is Cn1c(C23CC4CC(CC(C4)C2)C3)nn(CN2CCN(c3cccc(C(F)(F)F)c3)CC2)c1=S.Cn1c(C23CC4CC(CC(C4)C2)C3)nn(CN2CCN(c3cccc(C(F)(F)F)c3)CC2)c1=S. The van der Waals surface area contributed by atoms with E-state index in [1.807, 2.05) is 19.2 Å². The predicted octanol–water partition coefficient (Wildman–Crippen LogP) is 10.4. The lowest BCUT2D eigenvalue weighted by Gasteiger charge is -2.56. The van der Waals surface area contributed by atoms with Crippen molar-refractivity contribution in [2.75, 3.05) is 62.2 Å². The van der Waals surface area contributed by atoms with Gasteiger partial charge in [-0.25, -0.2) is 9.36 Å². The smallest absolute Gasteiger partial charge is 0.369 e. The summed E-state index contributed by atoms with van der Waals surface area (Å²) < 4.78 is 88.4. The summed E-state index contributed by atoms with van der Waals surface area (Å²) in [6.07, 6.45) is 7.33. The third kappa shape index (κ3) is 8.87. The van der Waals surface area contributed by atoms with Gasteiger partial charge in [0.15, 0.2) is 9.54 Å². The Labute approximate surface area is 405 Å². The van der Waals surface area contributed by atoms with Crippen LogP contribution in [0.15, 0.2) is 48.5 Å². The molecule has 0 radical (unpaired) electrons. The molecule has 4 heterocycles. The van der Waals surface area contributed by atoms with Gasteiger partial charge in [0, 0.05) is 88.7 Å². The molecule has 8 aliphatic carbocycles. The van der Waals surface area contributed by atoms with E-state index in [-0.39, 0.29) is 10.8 Å². The van der Waals surface area contributed by atoms with Crippen LogP contribution < -0.4 is 9.80 Å². The van der Waals surface area contributed by atoms with Crippen molar-refractivity contribution in [2.45, 2.75) is 114 Å². The number of alkyl halides is 6. The van der Waals surface area contributed by atoms with Crippen molar-refractivity contribution in [3.63, 3.8) is 0 Å². The van der Waals surface area contributed by atoms with Gasteiger partial charge in [0.25, 0.3) is 0 Å². The van der Waals surface area contributed by atoms with Crippen LogP contribution in [0.2, 0.25) is 0 Å². The van der Waals surface area contributed by atoms with E-state index in [0.29, 0.717) is 50.9 Å². The Morgan fingerprint density at radius 1 is 0.500 bits per heavy atom. The zero-order valence-corrected chi connectivity index (χ0v) is 40.8. The van der Waals surface area contributed by atoms with Crippen LogP contribution in [0.3, 0.4) is 0 Å². The van der Waals surface area contributed by atoms with Crippen molar-refractivity contribution >= 4 is 35.8 Å². The molecule has 8 bridgehead atoms. The summed E-state index contributed by atoms with van der Waals surface area (Å²) in [5.41, 5.74) is 0.476. The van der Waals surface area contributed by atoms with Gasteiger partial charge in [-0.3, -0.25) is 9.80 Å². The van der Waals surface area contributed by atoms with Crippen LogP contribution >= 0.6 is 24.4 Å². The van der Waals surface area contributed by atoms with Crippen LogP contribution in [0.4, 0.5) is 37.7 Å². The average Bonchev–Trinajstić information content (AvgIpc) is 3.75. The molecule has 10 aliphatic rings. The lowest BCUT2D eigenvalue weighted by atomic mass is 9.49. The van der Waals surface area contributed by atoms with Crippen LogP contribution in [0.5, 0.6) is 0 Å². The van der Waals surface area contributed by atoms with Crippen LogP contribution in [-0.2, 0) is 50.6 Å². The second-order valence-electron chi connectivity index (χ2n) is 22.3. The lowest BCUT2D eigenvalue weighted by molar-refractivity contribution is -0.138. The van der Waals surface area contributed by atoms with Gasteiger partial charge in [0.2, 0.25) is 0 Å². The molecule has 0 atom stereocenters. The van der Waals surface area contributed by atoms with Gasteiger partial charge in [0.05, 0.1) is 24.5 Å². The highest BCUT2D eigenvalue weighted by molar-refractivity contribution is 7.71. The summed E-state index contributed by atoms with van der Waals surface area (Å²) >= 11 is 11.6. The number of nitrogens with zero attached hydrogens (tertiary/aromatic N) is 10. The van der Waals surface area contributed by atoms with Crippen molar-refractivity contribution in [3.8, 4) is 0 Å². The number of benzene rings is 2. The highest BCUT2D eigenvalue weighted by Crippen LogP contribution is 2.61. The van der Waals surface area contributed by atoms with Gasteiger partial charge < -0.3 is 18.9 Å². The Morgan fingerprint density at radius 3 is 1.10 bits per heavy atom. The number of halogens is 6. The first-order valence-electron chi connectivity index (χ1n) is 25.0. The van der Waals surface area contributed by atoms with E-state index >= 15 is 0 Å². The molecule has 368 valence electrons. The highest BCUT2D eigenvalue weighted by Gasteiger charge is 2.55. The van der Waals surface area contributed by atoms with E-state index in [4.69, 9.17) is 34.6 Å². The van der Waals surface area contributed by atoms with Crippen molar-refractivity contribution < 1.29 is 26.3 Å². The number of rotatable bonds is 8. The zero-order chi connectivity index (χ0) is 47.3. The summed E-state index contributed by atoms with van der Waals surface area (Å²) in [5, 5.41) is 10.2. The van der Waals surface area contributed by atoms with Gasteiger partial charge in [-0.05, 0) is 173 Å². The number of hydrogen-bond donors (Lipinski definition) is 0. The van der Waals surface area contributed by atoms with Crippen LogP contribution in [0, 0.1) is 45.0 Å². The van der Waals surface area contributed by atoms with E-state index < -0.39 is 23.5 Å². The Kier molecular flexibility index (Phi) is 12.0. The topological polar surface area (TPSA) is 58.5 Å². The van der Waals surface area contributed by atoms with Gasteiger partial charge >= 0.3 is 12.4 Å². The number of piperazine rings is 2. The molecule has 2 aromatic heterocycles. The number of anilines is 2. The first-order chi connectivity index (χ1) is 32.4. The molecule has 0 unspecified atom stereocenters. The van der Waals surface area contributed by atoms with Gasteiger partial charge in [-0.1, -0.05) is 12.1 Å². The standard InChI is InChI=1S/2C25H32F3N5S/c2*1-30-22(24-13-17-9-18(14-24)11-19(10-17)15-24)29-33(23(30)34)16-31-5-7-32(8-6-31)21-4-2-3-20(12-21)25(26,27)28/h2*2-4,12,17-19H,5-11,13-16H2,1H3. The molecule has 68 heavy (non-hydrogen) atoms. The van der Waals surface area contributed by atoms with Gasteiger partial charge in [0.1, 0.15) is 11.6 Å². The minimum atomic E-state index is -4.32. The van der Waals surface area contributed by atoms with Crippen molar-refractivity contribution in [2.24, 2.45) is 49.6 Å². The normalized spacial score (nSPS) is 31.4. The maximum atomic E-state index is 13.1. The summed E-state index contributed by atoms with van der Waals surface area (Å²) in [4.78, 5) is 8.67. The first-order valence-corrected chi connectivity index (χ1v) is 25.8. The summed E-state index contributed by atoms with van der Waals surface area (Å²) in [6, 6.07) is 11.3. The van der Waals surface area contributed by atoms with Crippen LogP contribution in [0.25, 0.3) is 0 Å². The molecular formula is C50H64F6N10S2. The Bertz CT molecular complexity index is 2360. The maximum Gasteiger partial charge on any atom is 0.416 e. The molecule has 2 saturated heterocycles. The van der Waals surface area contributed by atoms with Crippen molar-refractivity contribution in [1.82, 2.24) is 38.5 Å². The maximum absolute atomic E-state index is 13.1. The number of aromatic nitrogens is 6. The molecule has 2 aromatic carbocycles. The second kappa shape index (κ2) is 17.5. The molecule has 2 aliphatic heterocycles. The quantitative estimate of drug-likeness (QED) is 0.128. The predicted molar refractivity (Wildman–Crippen MR) is 254 cm³/mol. The molecule has 8 saturated carbocycles. The van der Waals surface area contributed by atoms with E-state index in [0.717, 1.165) is 83.4 Å². The fourth-order valence-corrected chi connectivity index (χ4v) is 15.7. The van der Waals surface area contributed by atoms with E-state index in [1.165, 1.54) is 113 Å². The zero-order valence-electron chi connectivity index (χ0n) is 39.2. The van der Waals surface area contributed by atoms with Crippen LogP contribution in [-0.4, -0.2) is 90.9 Å². The molecular weight excluding hydrogens is 919 g/mol. The molecule has 0 amide bonds. The third-order valence-corrected chi connectivity index (χ3v) is 18.6. The summed E-state index contributed by atoms with van der Waals surface area (Å²) in [6.45, 7) is 7.06. The molecule has 0 N–H and O–H groups in total. The molecule has 10 fully saturated rings. The van der Waals surface area contributed by atoms with Crippen LogP contribution in [0.1, 0.15) is 99.8 Å². The van der Waals surface area contributed by atoms with Crippen molar-refractivity contribution in [1.29, 1.82) is 0 Å².